The van der Waals surface area contributed by atoms with Gasteiger partial charge in [0.2, 0.25) is 5.91 Å². The highest BCUT2D eigenvalue weighted by atomic mass is 127. The number of amides is 1. The number of carbonyl (C=O) groups is 1. The summed E-state index contributed by atoms with van der Waals surface area (Å²) in [5.74, 6) is 0.900. The molecule has 6 nitrogen and oxygen atoms in total. The number of hydrogen-bond acceptors (Lipinski definition) is 3. The molecule has 1 aliphatic rings. The van der Waals surface area contributed by atoms with Crippen LogP contribution in [0.1, 0.15) is 38.0 Å². The number of guanidine groups is 1. The molecular weight excluding hydrogens is 455 g/mol. The lowest BCUT2D eigenvalue weighted by molar-refractivity contribution is -0.128. The summed E-state index contributed by atoms with van der Waals surface area (Å²) in [7, 11) is 1.79. The predicted molar refractivity (Wildman–Crippen MR) is 121 cm³/mol. The van der Waals surface area contributed by atoms with Crippen LogP contribution in [-0.2, 0) is 9.53 Å². The summed E-state index contributed by atoms with van der Waals surface area (Å²) in [6.07, 6.45) is 0.0455. The Morgan fingerprint density at radius 1 is 1.26 bits per heavy atom. The third kappa shape index (κ3) is 6.95. The standard InChI is InChI=1S/C20H32N4O2.HI/c1-15-8-6-7-9-16(15)17-14-24(12-13-26-17)19(21-5)23-11-10-22-18(25)20(2,3)4;/h6-9,17H,10-14H2,1-5H3,(H,21,23)(H,22,25);1H. The van der Waals surface area contributed by atoms with Crippen molar-refractivity contribution >= 4 is 35.8 Å². The number of nitrogens with one attached hydrogen (secondary N) is 2. The van der Waals surface area contributed by atoms with E-state index in [-0.39, 0.29) is 41.4 Å². The largest absolute Gasteiger partial charge is 0.370 e. The van der Waals surface area contributed by atoms with Crippen LogP contribution < -0.4 is 10.6 Å². The lowest BCUT2D eigenvalue weighted by Crippen LogP contribution is -2.50. The van der Waals surface area contributed by atoms with Crippen molar-refractivity contribution in [3.05, 3.63) is 35.4 Å². The maximum atomic E-state index is 11.9. The van der Waals surface area contributed by atoms with Crippen molar-refractivity contribution in [1.82, 2.24) is 15.5 Å². The van der Waals surface area contributed by atoms with E-state index in [0.29, 0.717) is 19.7 Å². The third-order valence-electron chi connectivity index (χ3n) is 4.49. The Balaban J connectivity index is 0.00000364. The van der Waals surface area contributed by atoms with Crippen molar-refractivity contribution in [1.29, 1.82) is 0 Å². The van der Waals surface area contributed by atoms with Crippen molar-refractivity contribution in [3.63, 3.8) is 0 Å². The van der Waals surface area contributed by atoms with Gasteiger partial charge in [-0.1, -0.05) is 45.0 Å². The van der Waals surface area contributed by atoms with Crippen molar-refractivity contribution in [2.24, 2.45) is 10.4 Å². The van der Waals surface area contributed by atoms with Gasteiger partial charge in [0.05, 0.1) is 13.2 Å². The molecule has 2 N–H and O–H groups in total. The molecule has 27 heavy (non-hydrogen) atoms. The average Bonchev–Trinajstić information content (AvgIpc) is 2.61. The number of carbonyl (C=O) groups excluding carboxylic acids is 1. The Morgan fingerprint density at radius 3 is 2.56 bits per heavy atom. The summed E-state index contributed by atoms with van der Waals surface area (Å²) in [4.78, 5) is 18.5. The van der Waals surface area contributed by atoms with E-state index in [1.165, 1.54) is 11.1 Å². The molecule has 1 atom stereocenters. The summed E-state index contributed by atoms with van der Waals surface area (Å²) in [5.41, 5.74) is 2.10. The first-order valence-corrected chi connectivity index (χ1v) is 9.24. The zero-order valence-electron chi connectivity index (χ0n) is 17.0. The highest BCUT2D eigenvalue weighted by molar-refractivity contribution is 14.0. The molecule has 1 fully saturated rings. The van der Waals surface area contributed by atoms with Crippen molar-refractivity contribution in [2.45, 2.75) is 33.8 Å². The highest BCUT2D eigenvalue weighted by Gasteiger charge is 2.25. The number of benzene rings is 1. The fraction of sp³-hybridized carbons (Fsp3) is 0.600. The molecule has 1 unspecified atom stereocenters. The first kappa shape index (κ1) is 23.7. The number of rotatable bonds is 4. The summed E-state index contributed by atoms with van der Waals surface area (Å²) < 4.78 is 5.98. The summed E-state index contributed by atoms with van der Waals surface area (Å²) >= 11 is 0. The molecule has 1 aromatic rings. The Kier molecular flexibility index (Phi) is 9.52. The quantitative estimate of drug-likeness (QED) is 0.296. The fourth-order valence-electron chi connectivity index (χ4n) is 2.93. The smallest absolute Gasteiger partial charge is 0.225 e. The third-order valence-corrected chi connectivity index (χ3v) is 4.49. The van der Waals surface area contributed by atoms with Gasteiger partial charge < -0.3 is 20.3 Å². The van der Waals surface area contributed by atoms with Crippen LogP contribution in [0.2, 0.25) is 0 Å². The van der Waals surface area contributed by atoms with Gasteiger partial charge in [0.15, 0.2) is 5.96 Å². The molecular formula is C20H33IN4O2. The second-order valence-electron chi connectivity index (χ2n) is 7.64. The molecule has 1 aliphatic heterocycles. The van der Waals surface area contributed by atoms with E-state index in [4.69, 9.17) is 4.74 Å². The van der Waals surface area contributed by atoms with Gasteiger partial charge in [0, 0.05) is 32.1 Å². The lowest BCUT2D eigenvalue weighted by atomic mass is 9.96. The second-order valence-corrected chi connectivity index (χ2v) is 7.64. The lowest BCUT2D eigenvalue weighted by Gasteiger charge is -2.35. The molecule has 7 heteroatoms. The zero-order valence-corrected chi connectivity index (χ0v) is 19.4. The van der Waals surface area contributed by atoms with Crippen molar-refractivity contribution in [3.8, 4) is 0 Å². The van der Waals surface area contributed by atoms with E-state index in [1.54, 1.807) is 7.05 Å². The van der Waals surface area contributed by atoms with E-state index < -0.39 is 0 Å². The topological polar surface area (TPSA) is 66.0 Å². The Morgan fingerprint density at radius 2 is 1.93 bits per heavy atom. The monoisotopic (exact) mass is 488 g/mol. The molecule has 1 heterocycles. The normalized spacial score (nSPS) is 17.9. The van der Waals surface area contributed by atoms with Crippen molar-refractivity contribution in [2.75, 3.05) is 39.8 Å². The molecule has 1 saturated heterocycles. The highest BCUT2D eigenvalue weighted by Crippen LogP contribution is 2.24. The second kappa shape index (κ2) is 10.8. The SMILES string of the molecule is CN=C(NCCNC(=O)C(C)(C)C)N1CCOC(c2ccccc2C)C1.I. The van der Waals surface area contributed by atoms with Gasteiger partial charge in [-0.25, -0.2) is 0 Å². The first-order valence-electron chi connectivity index (χ1n) is 9.24. The van der Waals surface area contributed by atoms with Crippen LogP contribution in [-0.4, -0.2) is 56.6 Å². The Bertz CT molecular complexity index is 643. The van der Waals surface area contributed by atoms with E-state index in [0.717, 1.165) is 19.0 Å². The molecule has 152 valence electrons. The molecule has 1 amide bonds. The van der Waals surface area contributed by atoms with Gasteiger partial charge in [-0.3, -0.25) is 9.79 Å². The zero-order chi connectivity index (χ0) is 19.2. The van der Waals surface area contributed by atoms with Crippen molar-refractivity contribution < 1.29 is 9.53 Å². The molecule has 1 aromatic carbocycles. The minimum Gasteiger partial charge on any atom is -0.370 e. The van der Waals surface area contributed by atoms with Gasteiger partial charge in [0.1, 0.15) is 6.10 Å². The van der Waals surface area contributed by atoms with E-state index in [1.807, 2.05) is 26.8 Å². The molecule has 0 spiro atoms. The van der Waals surface area contributed by atoms with Crippen LogP contribution in [0.5, 0.6) is 0 Å². The minimum absolute atomic E-state index is 0. The number of ether oxygens (including phenoxy) is 1. The minimum atomic E-state index is -0.368. The summed E-state index contributed by atoms with van der Waals surface area (Å²) in [6.45, 7) is 11.3. The van der Waals surface area contributed by atoms with E-state index >= 15 is 0 Å². The molecule has 0 radical (unpaired) electrons. The van der Waals surface area contributed by atoms with Crippen LogP contribution in [0, 0.1) is 12.3 Å². The average molecular weight is 488 g/mol. The van der Waals surface area contributed by atoms with Crippen LogP contribution in [0.4, 0.5) is 0 Å². The fourth-order valence-corrected chi connectivity index (χ4v) is 2.93. The van der Waals surface area contributed by atoms with Crippen LogP contribution >= 0.6 is 24.0 Å². The van der Waals surface area contributed by atoms with Gasteiger partial charge >= 0.3 is 0 Å². The number of aliphatic imine (C=N–C) groups is 1. The van der Waals surface area contributed by atoms with Crippen LogP contribution in [0.25, 0.3) is 0 Å². The molecule has 0 bridgehead atoms. The maximum Gasteiger partial charge on any atom is 0.225 e. The number of hydrogen-bond donors (Lipinski definition) is 2. The van der Waals surface area contributed by atoms with E-state index in [2.05, 4.69) is 45.6 Å². The van der Waals surface area contributed by atoms with Gasteiger partial charge in [-0.05, 0) is 18.1 Å². The molecule has 0 aromatic heterocycles. The summed E-state index contributed by atoms with van der Waals surface area (Å²) in [6, 6.07) is 8.34. The van der Waals surface area contributed by atoms with Gasteiger partial charge in [-0.2, -0.15) is 0 Å². The molecule has 2 rings (SSSR count). The van der Waals surface area contributed by atoms with Gasteiger partial charge in [0.25, 0.3) is 0 Å². The number of halogens is 1. The number of nitrogens with zero attached hydrogens (tertiary/aromatic N) is 2. The van der Waals surface area contributed by atoms with Crippen LogP contribution in [0.3, 0.4) is 0 Å². The Labute approximate surface area is 180 Å². The first-order chi connectivity index (χ1) is 12.3. The maximum absolute atomic E-state index is 11.9. The predicted octanol–water partition coefficient (Wildman–Crippen LogP) is 2.72. The molecule has 0 aliphatic carbocycles. The number of morpholine rings is 1. The number of aryl methyl sites for hydroxylation is 1. The summed E-state index contributed by atoms with van der Waals surface area (Å²) in [5, 5.41) is 6.29. The van der Waals surface area contributed by atoms with Crippen LogP contribution in [0.15, 0.2) is 29.3 Å². The Hall–Kier alpha value is -1.35. The molecule has 0 saturated carbocycles. The van der Waals surface area contributed by atoms with Gasteiger partial charge in [-0.15, -0.1) is 24.0 Å². The van der Waals surface area contributed by atoms with E-state index in [9.17, 15) is 4.79 Å².